The number of halogens is 2. The van der Waals surface area contributed by atoms with Crippen molar-refractivity contribution in [3.63, 3.8) is 0 Å². The molecule has 1 saturated heterocycles. The summed E-state index contributed by atoms with van der Waals surface area (Å²) in [4.78, 5) is 38.6. The zero-order valence-corrected chi connectivity index (χ0v) is 16.2. The van der Waals surface area contributed by atoms with Crippen molar-refractivity contribution < 1.29 is 27.9 Å². The molecular weight excluding hydrogens is 384 g/mol. The number of imide groups is 1. The molecule has 1 aromatic carbocycles. The van der Waals surface area contributed by atoms with E-state index in [1.54, 1.807) is 25.1 Å². The number of urea groups is 1. The van der Waals surface area contributed by atoms with E-state index >= 15 is 0 Å². The second-order valence-corrected chi connectivity index (χ2v) is 7.41. The third-order valence-corrected chi connectivity index (χ3v) is 5.51. The fourth-order valence-electron chi connectivity index (χ4n) is 4.07. The monoisotopic (exact) mass is 409 g/mol. The first-order valence-electron chi connectivity index (χ1n) is 9.83. The Labute approximate surface area is 167 Å². The second kappa shape index (κ2) is 8.75. The molecule has 3 rings (SSSR count). The average Bonchev–Trinajstić information content (AvgIpc) is 2.91. The smallest absolute Gasteiger partial charge is 0.387 e. The van der Waals surface area contributed by atoms with Gasteiger partial charge in [0.25, 0.3) is 5.91 Å². The van der Waals surface area contributed by atoms with E-state index in [1.807, 2.05) is 0 Å². The number of alkyl halides is 2. The fourth-order valence-corrected chi connectivity index (χ4v) is 4.07. The van der Waals surface area contributed by atoms with Gasteiger partial charge in [0, 0.05) is 5.56 Å². The molecule has 0 radical (unpaired) electrons. The van der Waals surface area contributed by atoms with Gasteiger partial charge in [0.05, 0.1) is 6.04 Å². The highest BCUT2D eigenvalue weighted by Crippen LogP contribution is 2.33. The predicted octanol–water partition coefficient (Wildman–Crippen LogP) is 3.11. The molecule has 2 aliphatic rings. The first kappa shape index (κ1) is 21.0. The minimum absolute atomic E-state index is 0.0224. The quantitative estimate of drug-likeness (QED) is 0.678. The molecule has 9 heteroatoms. The minimum atomic E-state index is -2.98. The zero-order chi connectivity index (χ0) is 21.0. The molecule has 1 atom stereocenters. The number of nitrogens with one attached hydrogen (secondary N) is 2. The summed E-state index contributed by atoms with van der Waals surface area (Å²) in [5.74, 6) is -0.933. The van der Waals surface area contributed by atoms with Crippen molar-refractivity contribution in [1.82, 2.24) is 15.5 Å². The Morgan fingerprint density at radius 3 is 2.59 bits per heavy atom. The first-order valence-corrected chi connectivity index (χ1v) is 9.83. The van der Waals surface area contributed by atoms with Gasteiger partial charge in [0.1, 0.15) is 17.8 Å². The summed E-state index contributed by atoms with van der Waals surface area (Å²) in [7, 11) is 0. The summed E-state index contributed by atoms with van der Waals surface area (Å²) in [6, 6.07) is 5.06. The summed E-state index contributed by atoms with van der Waals surface area (Å²) in [5.41, 5.74) is -0.484. The van der Waals surface area contributed by atoms with Gasteiger partial charge in [-0.2, -0.15) is 8.78 Å². The summed E-state index contributed by atoms with van der Waals surface area (Å²) in [6.07, 6.45) is 4.29. The van der Waals surface area contributed by atoms with Crippen LogP contribution in [0.4, 0.5) is 13.6 Å². The third-order valence-electron chi connectivity index (χ3n) is 5.51. The molecule has 0 bridgehead atoms. The van der Waals surface area contributed by atoms with Crippen LogP contribution < -0.4 is 15.4 Å². The lowest BCUT2D eigenvalue weighted by atomic mass is 9.82. The van der Waals surface area contributed by atoms with Crippen LogP contribution in [0.5, 0.6) is 5.75 Å². The van der Waals surface area contributed by atoms with Gasteiger partial charge in [-0.3, -0.25) is 14.5 Å². The SMILES string of the molecule is CCC(NC(=O)CN1C(=O)NC2(CCCCC2)C1=O)c1ccccc1OC(F)F. The van der Waals surface area contributed by atoms with Crippen molar-refractivity contribution in [1.29, 1.82) is 0 Å². The number of nitrogens with zero attached hydrogens (tertiary/aromatic N) is 1. The van der Waals surface area contributed by atoms with Gasteiger partial charge in [-0.25, -0.2) is 4.79 Å². The molecule has 1 aliphatic carbocycles. The molecule has 1 aromatic rings. The lowest BCUT2D eigenvalue weighted by molar-refractivity contribution is -0.136. The summed E-state index contributed by atoms with van der Waals surface area (Å²) in [6.45, 7) is -1.61. The number of amides is 4. The molecule has 1 saturated carbocycles. The average molecular weight is 409 g/mol. The Bertz CT molecular complexity index is 781. The van der Waals surface area contributed by atoms with Gasteiger partial charge in [0.15, 0.2) is 0 Å². The number of benzene rings is 1. The molecule has 4 amide bonds. The predicted molar refractivity (Wildman–Crippen MR) is 100 cm³/mol. The van der Waals surface area contributed by atoms with Crippen LogP contribution in [-0.2, 0) is 9.59 Å². The van der Waals surface area contributed by atoms with Crippen LogP contribution in [0.2, 0.25) is 0 Å². The van der Waals surface area contributed by atoms with E-state index in [0.29, 0.717) is 24.8 Å². The van der Waals surface area contributed by atoms with Crippen LogP contribution in [0.3, 0.4) is 0 Å². The first-order chi connectivity index (χ1) is 13.9. The Hall–Kier alpha value is -2.71. The molecule has 2 N–H and O–H groups in total. The Morgan fingerprint density at radius 2 is 1.93 bits per heavy atom. The number of para-hydroxylation sites is 1. The topological polar surface area (TPSA) is 87.7 Å². The number of carbonyl (C=O) groups excluding carboxylic acids is 3. The van der Waals surface area contributed by atoms with Gasteiger partial charge in [-0.1, -0.05) is 44.4 Å². The van der Waals surface area contributed by atoms with E-state index < -0.39 is 36.7 Å². The highest BCUT2D eigenvalue weighted by Gasteiger charge is 2.51. The van der Waals surface area contributed by atoms with Crippen LogP contribution in [0.15, 0.2) is 24.3 Å². The largest absolute Gasteiger partial charge is 0.434 e. The Morgan fingerprint density at radius 1 is 1.24 bits per heavy atom. The Kier molecular flexibility index (Phi) is 6.34. The van der Waals surface area contributed by atoms with Crippen molar-refractivity contribution in [2.75, 3.05) is 6.54 Å². The molecule has 158 valence electrons. The van der Waals surface area contributed by atoms with Crippen LogP contribution in [-0.4, -0.2) is 41.4 Å². The minimum Gasteiger partial charge on any atom is -0.434 e. The van der Waals surface area contributed by atoms with Gasteiger partial charge < -0.3 is 15.4 Å². The van der Waals surface area contributed by atoms with Crippen molar-refractivity contribution in [3.8, 4) is 5.75 Å². The second-order valence-electron chi connectivity index (χ2n) is 7.41. The summed E-state index contributed by atoms with van der Waals surface area (Å²) in [5, 5.41) is 5.48. The van der Waals surface area contributed by atoms with E-state index in [-0.39, 0.29) is 11.7 Å². The highest BCUT2D eigenvalue weighted by molar-refractivity contribution is 6.09. The van der Waals surface area contributed by atoms with Crippen molar-refractivity contribution in [2.45, 2.75) is 63.6 Å². The lowest BCUT2D eigenvalue weighted by Gasteiger charge is -2.30. The van der Waals surface area contributed by atoms with Crippen LogP contribution >= 0.6 is 0 Å². The van der Waals surface area contributed by atoms with E-state index in [2.05, 4.69) is 15.4 Å². The molecular formula is C20H25F2N3O4. The van der Waals surface area contributed by atoms with E-state index in [4.69, 9.17) is 0 Å². The molecule has 1 heterocycles. The highest BCUT2D eigenvalue weighted by atomic mass is 19.3. The van der Waals surface area contributed by atoms with E-state index in [9.17, 15) is 23.2 Å². The van der Waals surface area contributed by atoms with Crippen LogP contribution in [0.25, 0.3) is 0 Å². The van der Waals surface area contributed by atoms with Crippen molar-refractivity contribution in [2.24, 2.45) is 0 Å². The molecule has 7 nitrogen and oxygen atoms in total. The lowest BCUT2D eigenvalue weighted by Crippen LogP contribution is -2.49. The zero-order valence-electron chi connectivity index (χ0n) is 16.2. The van der Waals surface area contributed by atoms with E-state index in [1.165, 1.54) is 6.07 Å². The summed E-state index contributed by atoms with van der Waals surface area (Å²) < 4.78 is 29.9. The number of rotatable bonds is 7. The number of hydrogen-bond donors (Lipinski definition) is 2. The normalized spacial score (nSPS) is 19.4. The molecule has 2 fully saturated rings. The standard InChI is InChI=1S/C20H25F2N3O4/c1-2-14(13-8-4-5-9-15(13)29-18(21)22)23-16(26)12-25-17(27)20(24-19(25)28)10-6-3-7-11-20/h4-5,8-9,14,18H,2-3,6-7,10-12H2,1H3,(H,23,26)(H,24,28). The fraction of sp³-hybridized carbons (Fsp3) is 0.550. The van der Waals surface area contributed by atoms with Crippen LogP contribution in [0, 0.1) is 0 Å². The number of hydrogen-bond acceptors (Lipinski definition) is 4. The maximum absolute atomic E-state index is 12.8. The van der Waals surface area contributed by atoms with Gasteiger partial charge in [-0.15, -0.1) is 0 Å². The molecule has 1 unspecified atom stereocenters. The Balaban J connectivity index is 1.68. The number of carbonyl (C=O) groups is 3. The maximum Gasteiger partial charge on any atom is 0.387 e. The van der Waals surface area contributed by atoms with Crippen molar-refractivity contribution in [3.05, 3.63) is 29.8 Å². The molecule has 0 aromatic heterocycles. The molecule has 1 aliphatic heterocycles. The van der Waals surface area contributed by atoms with Gasteiger partial charge >= 0.3 is 12.6 Å². The number of ether oxygens (including phenoxy) is 1. The van der Waals surface area contributed by atoms with Crippen molar-refractivity contribution >= 4 is 17.8 Å². The third kappa shape index (κ3) is 4.49. The maximum atomic E-state index is 12.8. The van der Waals surface area contributed by atoms with Gasteiger partial charge in [0.2, 0.25) is 5.91 Å². The van der Waals surface area contributed by atoms with E-state index in [0.717, 1.165) is 24.2 Å². The van der Waals surface area contributed by atoms with Crippen LogP contribution in [0.1, 0.15) is 57.1 Å². The van der Waals surface area contributed by atoms with Gasteiger partial charge in [-0.05, 0) is 25.3 Å². The molecule has 1 spiro atoms. The molecule has 29 heavy (non-hydrogen) atoms. The summed E-state index contributed by atoms with van der Waals surface area (Å²) >= 11 is 0.